The van der Waals surface area contributed by atoms with Crippen molar-refractivity contribution in [2.45, 2.75) is 26.4 Å². The zero-order valence-electron chi connectivity index (χ0n) is 6.89. The highest BCUT2D eigenvalue weighted by molar-refractivity contribution is 4.74. The van der Waals surface area contributed by atoms with Gasteiger partial charge in [0, 0.05) is 19.7 Å². The lowest BCUT2D eigenvalue weighted by Gasteiger charge is -2.27. The first-order valence-electron chi connectivity index (χ1n) is 4.11. The molecular weight excluding hydrogens is 126 g/mol. The summed E-state index contributed by atoms with van der Waals surface area (Å²) in [5, 5.41) is 3.17. The number of ether oxygens (including phenoxy) is 1. The Hall–Kier alpha value is -0.0800. The molecule has 0 aliphatic carbocycles. The van der Waals surface area contributed by atoms with Crippen LogP contribution in [-0.4, -0.2) is 25.8 Å². The fourth-order valence-electron chi connectivity index (χ4n) is 0.850. The average Bonchev–Trinajstić information content (AvgIpc) is 1.75. The van der Waals surface area contributed by atoms with Crippen LogP contribution in [0.5, 0.6) is 0 Å². The second-order valence-electron chi connectivity index (χ2n) is 3.33. The van der Waals surface area contributed by atoms with Crippen molar-refractivity contribution in [2.24, 2.45) is 5.92 Å². The van der Waals surface area contributed by atoms with Crippen molar-refractivity contribution in [1.29, 1.82) is 0 Å². The number of nitrogens with one attached hydrogen (secondary N) is 1. The molecule has 0 unspecified atom stereocenters. The second-order valence-corrected chi connectivity index (χ2v) is 3.33. The van der Waals surface area contributed by atoms with Crippen molar-refractivity contribution in [2.75, 3.05) is 19.7 Å². The SMILES string of the molecule is CC(C)CCOC1CNC1. The van der Waals surface area contributed by atoms with Crippen molar-refractivity contribution < 1.29 is 4.74 Å². The maximum absolute atomic E-state index is 5.53. The summed E-state index contributed by atoms with van der Waals surface area (Å²) in [7, 11) is 0. The molecule has 0 bridgehead atoms. The Morgan fingerprint density at radius 3 is 2.60 bits per heavy atom. The molecule has 1 heterocycles. The summed E-state index contributed by atoms with van der Waals surface area (Å²) in [6, 6.07) is 0. The van der Waals surface area contributed by atoms with Gasteiger partial charge in [-0.25, -0.2) is 0 Å². The van der Waals surface area contributed by atoms with Gasteiger partial charge < -0.3 is 10.1 Å². The monoisotopic (exact) mass is 143 g/mol. The molecule has 0 spiro atoms. The van der Waals surface area contributed by atoms with Crippen LogP contribution >= 0.6 is 0 Å². The van der Waals surface area contributed by atoms with Crippen molar-refractivity contribution in [1.82, 2.24) is 5.32 Å². The fourth-order valence-corrected chi connectivity index (χ4v) is 0.850. The zero-order valence-corrected chi connectivity index (χ0v) is 6.89. The van der Waals surface area contributed by atoms with E-state index in [2.05, 4.69) is 19.2 Å². The van der Waals surface area contributed by atoms with E-state index in [1.807, 2.05) is 0 Å². The highest BCUT2D eigenvalue weighted by Crippen LogP contribution is 2.03. The van der Waals surface area contributed by atoms with E-state index in [0.29, 0.717) is 6.10 Å². The van der Waals surface area contributed by atoms with Crippen molar-refractivity contribution in [3.8, 4) is 0 Å². The zero-order chi connectivity index (χ0) is 7.40. The second kappa shape index (κ2) is 3.94. The van der Waals surface area contributed by atoms with E-state index >= 15 is 0 Å². The van der Waals surface area contributed by atoms with E-state index < -0.39 is 0 Å². The first-order valence-corrected chi connectivity index (χ1v) is 4.11. The van der Waals surface area contributed by atoms with Gasteiger partial charge in [0.25, 0.3) is 0 Å². The van der Waals surface area contributed by atoms with Gasteiger partial charge >= 0.3 is 0 Å². The minimum absolute atomic E-state index is 0.513. The first-order chi connectivity index (χ1) is 4.79. The molecule has 60 valence electrons. The third kappa shape index (κ3) is 2.67. The standard InChI is InChI=1S/C8H17NO/c1-7(2)3-4-10-8-5-9-6-8/h7-9H,3-6H2,1-2H3. The smallest absolute Gasteiger partial charge is 0.0823 e. The molecule has 0 radical (unpaired) electrons. The van der Waals surface area contributed by atoms with Gasteiger partial charge in [-0.2, -0.15) is 0 Å². The van der Waals surface area contributed by atoms with Gasteiger partial charge in [-0.1, -0.05) is 13.8 Å². The molecule has 2 heteroatoms. The summed E-state index contributed by atoms with van der Waals surface area (Å²) in [4.78, 5) is 0. The third-order valence-corrected chi connectivity index (χ3v) is 1.79. The van der Waals surface area contributed by atoms with Gasteiger partial charge in [-0.15, -0.1) is 0 Å². The molecule has 1 N–H and O–H groups in total. The number of rotatable bonds is 4. The predicted molar refractivity (Wildman–Crippen MR) is 42.1 cm³/mol. The Morgan fingerprint density at radius 2 is 2.20 bits per heavy atom. The van der Waals surface area contributed by atoms with Crippen LogP contribution in [0.15, 0.2) is 0 Å². The van der Waals surface area contributed by atoms with Crippen LogP contribution in [-0.2, 0) is 4.74 Å². The quantitative estimate of drug-likeness (QED) is 0.634. The minimum atomic E-state index is 0.513. The topological polar surface area (TPSA) is 21.3 Å². The molecule has 0 aromatic rings. The molecule has 2 nitrogen and oxygen atoms in total. The molecule has 1 aliphatic heterocycles. The third-order valence-electron chi connectivity index (χ3n) is 1.79. The van der Waals surface area contributed by atoms with Gasteiger partial charge in [0.05, 0.1) is 6.10 Å². The normalized spacial score (nSPS) is 19.5. The van der Waals surface area contributed by atoms with Gasteiger partial charge in [0.2, 0.25) is 0 Å². The van der Waals surface area contributed by atoms with Crippen LogP contribution in [0.4, 0.5) is 0 Å². The number of hydrogen-bond donors (Lipinski definition) is 1. The Bertz CT molecular complexity index is 89.3. The summed E-state index contributed by atoms with van der Waals surface area (Å²) < 4.78 is 5.53. The summed E-state index contributed by atoms with van der Waals surface area (Å²) in [6.07, 6.45) is 1.70. The number of hydrogen-bond acceptors (Lipinski definition) is 2. The van der Waals surface area contributed by atoms with Crippen LogP contribution in [0.25, 0.3) is 0 Å². The lowest BCUT2D eigenvalue weighted by molar-refractivity contribution is 0.0138. The van der Waals surface area contributed by atoms with Crippen LogP contribution in [0, 0.1) is 5.92 Å². The van der Waals surface area contributed by atoms with E-state index in [9.17, 15) is 0 Å². The van der Waals surface area contributed by atoms with E-state index in [0.717, 1.165) is 25.6 Å². The van der Waals surface area contributed by atoms with Gasteiger partial charge in [-0.3, -0.25) is 0 Å². The maximum Gasteiger partial charge on any atom is 0.0823 e. The average molecular weight is 143 g/mol. The van der Waals surface area contributed by atoms with Gasteiger partial charge in [-0.05, 0) is 12.3 Å². The van der Waals surface area contributed by atoms with Crippen molar-refractivity contribution in [3.05, 3.63) is 0 Å². The lowest BCUT2D eigenvalue weighted by atomic mass is 10.1. The largest absolute Gasteiger partial charge is 0.376 e. The maximum atomic E-state index is 5.53. The molecule has 1 aliphatic rings. The Morgan fingerprint density at radius 1 is 1.50 bits per heavy atom. The van der Waals surface area contributed by atoms with Crippen LogP contribution in [0.2, 0.25) is 0 Å². The molecule has 0 amide bonds. The molecule has 0 saturated carbocycles. The lowest BCUT2D eigenvalue weighted by Crippen LogP contribution is -2.48. The Balaban J connectivity index is 1.85. The fraction of sp³-hybridized carbons (Fsp3) is 1.00. The molecule has 0 aromatic heterocycles. The molecule has 0 atom stereocenters. The molecule has 1 saturated heterocycles. The highest BCUT2D eigenvalue weighted by atomic mass is 16.5. The van der Waals surface area contributed by atoms with Crippen LogP contribution in [0.3, 0.4) is 0 Å². The summed E-state index contributed by atoms with van der Waals surface area (Å²) >= 11 is 0. The van der Waals surface area contributed by atoms with Crippen molar-refractivity contribution >= 4 is 0 Å². The molecule has 10 heavy (non-hydrogen) atoms. The molecular formula is C8H17NO. The van der Waals surface area contributed by atoms with E-state index in [1.165, 1.54) is 6.42 Å². The van der Waals surface area contributed by atoms with E-state index in [4.69, 9.17) is 4.74 Å². The van der Waals surface area contributed by atoms with Gasteiger partial charge in [0.15, 0.2) is 0 Å². The summed E-state index contributed by atoms with van der Waals surface area (Å²) in [5.74, 6) is 0.771. The predicted octanol–water partition coefficient (Wildman–Crippen LogP) is 1.02. The Labute approximate surface area is 63.0 Å². The summed E-state index contributed by atoms with van der Waals surface area (Å²) in [6.45, 7) is 7.49. The van der Waals surface area contributed by atoms with E-state index in [1.54, 1.807) is 0 Å². The van der Waals surface area contributed by atoms with Gasteiger partial charge in [0.1, 0.15) is 0 Å². The molecule has 0 aromatic carbocycles. The minimum Gasteiger partial charge on any atom is -0.376 e. The highest BCUT2D eigenvalue weighted by Gasteiger charge is 2.16. The van der Waals surface area contributed by atoms with Crippen LogP contribution < -0.4 is 5.32 Å². The molecule has 1 rings (SSSR count). The summed E-state index contributed by atoms with van der Waals surface area (Å²) in [5.41, 5.74) is 0. The van der Waals surface area contributed by atoms with Crippen LogP contribution in [0.1, 0.15) is 20.3 Å². The van der Waals surface area contributed by atoms with Crippen molar-refractivity contribution in [3.63, 3.8) is 0 Å². The molecule has 1 fully saturated rings. The van der Waals surface area contributed by atoms with E-state index in [-0.39, 0.29) is 0 Å². The Kier molecular flexibility index (Phi) is 3.16. The first kappa shape index (κ1) is 8.02.